The highest BCUT2D eigenvalue weighted by molar-refractivity contribution is 7.89. The summed E-state index contributed by atoms with van der Waals surface area (Å²) in [5, 5.41) is 2.68. The smallest absolute Gasteiger partial charge is 0.240 e. The number of nitrogens with two attached hydrogens (primary N) is 1. The number of amides is 1. The van der Waals surface area contributed by atoms with Gasteiger partial charge >= 0.3 is 0 Å². The third-order valence-electron chi connectivity index (χ3n) is 2.76. The van der Waals surface area contributed by atoms with Gasteiger partial charge in [0.2, 0.25) is 15.9 Å². The molecule has 1 amide bonds. The molecule has 7 nitrogen and oxygen atoms in total. The van der Waals surface area contributed by atoms with Crippen LogP contribution in [0, 0.1) is 0 Å². The molecule has 124 valence electrons. The molecule has 0 atom stereocenters. The number of anilines is 1. The van der Waals surface area contributed by atoms with Crippen LogP contribution in [0.5, 0.6) is 0 Å². The Kier molecular flexibility index (Phi) is 8.03. The number of hydrogen-bond acceptors (Lipinski definition) is 5. The maximum absolute atomic E-state index is 12.0. The second kappa shape index (κ2) is 9.52. The van der Waals surface area contributed by atoms with E-state index in [2.05, 4.69) is 10.0 Å². The number of sulfonamides is 1. The molecule has 0 spiro atoms. The minimum Gasteiger partial charge on any atom is -0.382 e. The monoisotopic (exact) mass is 329 g/mol. The number of benzene rings is 1. The van der Waals surface area contributed by atoms with Crippen LogP contribution in [0.2, 0.25) is 0 Å². The van der Waals surface area contributed by atoms with E-state index in [0.29, 0.717) is 31.7 Å². The first kappa shape index (κ1) is 18.6. The van der Waals surface area contributed by atoms with Crippen molar-refractivity contribution in [3.8, 4) is 0 Å². The van der Waals surface area contributed by atoms with Gasteiger partial charge in [0.15, 0.2) is 0 Å². The summed E-state index contributed by atoms with van der Waals surface area (Å²) in [7, 11) is -3.61. The van der Waals surface area contributed by atoms with Crippen molar-refractivity contribution in [1.82, 2.24) is 4.72 Å². The van der Waals surface area contributed by atoms with E-state index in [0.717, 1.165) is 0 Å². The molecule has 0 saturated heterocycles. The normalized spacial score (nSPS) is 11.4. The molecular formula is C14H23N3O4S. The van der Waals surface area contributed by atoms with Crippen LogP contribution in [0.3, 0.4) is 0 Å². The van der Waals surface area contributed by atoms with E-state index in [-0.39, 0.29) is 23.9 Å². The molecule has 0 saturated carbocycles. The maximum Gasteiger partial charge on any atom is 0.240 e. The van der Waals surface area contributed by atoms with E-state index in [1.807, 2.05) is 6.92 Å². The second-order valence-electron chi connectivity index (χ2n) is 4.56. The Labute approximate surface area is 131 Å². The largest absolute Gasteiger partial charge is 0.382 e. The summed E-state index contributed by atoms with van der Waals surface area (Å²) >= 11 is 0. The summed E-state index contributed by atoms with van der Waals surface area (Å²) < 4.78 is 31.5. The summed E-state index contributed by atoms with van der Waals surface area (Å²) in [6.45, 7) is 3.43. The molecular weight excluding hydrogens is 306 g/mol. The van der Waals surface area contributed by atoms with Crippen molar-refractivity contribution in [3.63, 3.8) is 0 Å². The summed E-state index contributed by atoms with van der Waals surface area (Å²) in [5.41, 5.74) is 5.73. The lowest BCUT2D eigenvalue weighted by Crippen LogP contribution is -2.29. The van der Waals surface area contributed by atoms with E-state index in [1.165, 1.54) is 12.1 Å². The van der Waals surface area contributed by atoms with Crippen LogP contribution < -0.4 is 15.8 Å². The van der Waals surface area contributed by atoms with Gasteiger partial charge in [0.25, 0.3) is 0 Å². The molecule has 0 aliphatic carbocycles. The number of carbonyl (C=O) groups is 1. The van der Waals surface area contributed by atoms with Gasteiger partial charge in [-0.05, 0) is 31.5 Å². The van der Waals surface area contributed by atoms with Gasteiger partial charge in [0.05, 0.1) is 4.90 Å². The predicted octanol–water partition coefficient (Wildman–Crippen LogP) is 0.679. The standard InChI is InChI=1S/C14H23N3O4S/c1-2-21-10-4-7-14(18)17-12-5-3-6-13(11-12)22(19,20)16-9-8-15/h3,5-6,11,16H,2,4,7-10,15H2,1H3,(H,17,18). The first-order valence-electron chi connectivity index (χ1n) is 7.17. The average molecular weight is 329 g/mol. The number of ether oxygens (including phenoxy) is 1. The highest BCUT2D eigenvalue weighted by atomic mass is 32.2. The Balaban J connectivity index is 2.62. The fourth-order valence-electron chi connectivity index (χ4n) is 1.72. The number of rotatable bonds is 10. The van der Waals surface area contributed by atoms with Crippen molar-refractivity contribution in [3.05, 3.63) is 24.3 Å². The molecule has 0 radical (unpaired) electrons. The van der Waals surface area contributed by atoms with Crippen molar-refractivity contribution < 1.29 is 17.9 Å². The number of nitrogens with one attached hydrogen (secondary N) is 2. The van der Waals surface area contributed by atoms with E-state index in [1.54, 1.807) is 12.1 Å². The first-order valence-corrected chi connectivity index (χ1v) is 8.65. The van der Waals surface area contributed by atoms with Gasteiger partial charge in [0, 0.05) is 38.4 Å². The van der Waals surface area contributed by atoms with Gasteiger partial charge < -0.3 is 15.8 Å². The molecule has 1 rings (SSSR count). The Hall–Kier alpha value is -1.48. The summed E-state index contributed by atoms with van der Waals surface area (Å²) in [4.78, 5) is 11.9. The Morgan fingerprint density at radius 2 is 2.14 bits per heavy atom. The minimum absolute atomic E-state index is 0.0908. The topological polar surface area (TPSA) is 111 Å². The predicted molar refractivity (Wildman–Crippen MR) is 85.0 cm³/mol. The van der Waals surface area contributed by atoms with Gasteiger partial charge in [-0.25, -0.2) is 13.1 Å². The summed E-state index contributed by atoms with van der Waals surface area (Å²) in [6.07, 6.45) is 0.943. The third-order valence-corrected chi connectivity index (χ3v) is 4.22. The zero-order valence-corrected chi connectivity index (χ0v) is 13.5. The van der Waals surface area contributed by atoms with Crippen molar-refractivity contribution in [2.24, 2.45) is 5.73 Å². The highest BCUT2D eigenvalue weighted by Gasteiger charge is 2.13. The number of carbonyl (C=O) groups excluding carboxylic acids is 1. The maximum atomic E-state index is 12.0. The molecule has 0 aliphatic rings. The molecule has 1 aromatic carbocycles. The second-order valence-corrected chi connectivity index (χ2v) is 6.33. The SMILES string of the molecule is CCOCCCC(=O)Nc1cccc(S(=O)(=O)NCCN)c1. The van der Waals surface area contributed by atoms with Crippen LogP contribution >= 0.6 is 0 Å². The van der Waals surface area contributed by atoms with Crippen LogP contribution in [-0.2, 0) is 19.6 Å². The van der Waals surface area contributed by atoms with Crippen LogP contribution in [0.15, 0.2) is 29.2 Å². The van der Waals surface area contributed by atoms with Crippen molar-refractivity contribution in [2.75, 3.05) is 31.6 Å². The molecule has 0 aliphatic heterocycles. The van der Waals surface area contributed by atoms with Crippen molar-refractivity contribution in [2.45, 2.75) is 24.7 Å². The highest BCUT2D eigenvalue weighted by Crippen LogP contribution is 2.15. The molecule has 8 heteroatoms. The van der Waals surface area contributed by atoms with E-state index in [9.17, 15) is 13.2 Å². The van der Waals surface area contributed by atoms with Crippen LogP contribution in [-0.4, -0.2) is 40.6 Å². The lowest BCUT2D eigenvalue weighted by molar-refractivity contribution is -0.116. The lowest BCUT2D eigenvalue weighted by atomic mass is 10.2. The van der Waals surface area contributed by atoms with Gasteiger partial charge in [-0.2, -0.15) is 0 Å². The molecule has 0 fully saturated rings. The quantitative estimate of drug-likeness (QED) is 0.547. The van der Waals surface area contributed by atoms with E-state index in [4.69, 9.17) is 10.5 Å². The molecule has 1 aromatic rings. The molecule has 4 N–H and O–H groups in total. The van der Waals surface area contributed by atoms with Crippen LogP contribution in [0.1, 0.15) is 19.8 Å². The zero-order valence-electron chi connectivity index (χ0n) is 12.7. The molecule has 0 heterocycles. The first-order chi connectivity index (χ1) is 10.5. The zero-order chi connectivity index (χ0) is 16.4. The van der Waals surface area contributed by atoms with Crippen molar-refractivity contribution in [1.29, 1.82) is 0 Å². The molecule has 0 unspecified atom stereocenters. The minimum atomic E-state index is -3.61. The van der Waals surface area contributed by atoms with Crippen LogP contribution in [0.4, 0.5) is 5.69 Å². The van der Waals surface area contributed by atoms with E-state index >= 15 is 0 Å². The van der Waals surface area contributed by atoms with Gasteiger partial charge in [-0.3, -0.25) is 4.79 Å². The Morgan fingerprint density at radius 1 is 1.36 bits per heavy atom. The Morgan fingerprint density at radius 3 is 2.82 bits per heavy atom. The van der Waals surface area contributed by atoms with Gasteiger partial charge in [-0.1, -0.05) is 6.07 Å². The van der Waals surface area contributed by atoms with Crippen LogP contribution in [0.25, 0.3) is 0 Å². The summed E-state index contributed by atoms with van der Waals surface area (Å²) in [5.74, 6) is -0.177. The van der Waals surface area contributed by atoms with Gasteiger partial charge in [-0.15, -0.1) is 0 Å². The molecule has 0 aromatic heterocycles. The van der Waals surface area contributed by atoms with Crippen molar-refractivity contribution >= 4 is 21.6 Å². The fourth-order valence-corrected chi connectivity index (χ4v) is 2.81. The Bertz CT molecular complexity index is 575. The fraction of sp³-hybridized carbons (Fsp3) is 0.500. The van der Waals surface area contributed by atoms with E-state index < -0.39 is 10.0 Å². The molecule has 0 bridgehead atoms. The lowest BCUT2D eigenvalue weighted by Gasteiger charge is -2.09. The average Bonchev–Trinajstić information content (AvgIpc) is 2.50. The number of hydrogen-bond donors (Lipinski definition) is 3. The third kappa shape index (κ3) is 6.52. The van der Waals surface area contributed by atoms with Gasteiger partial charge in [0.1, 0.15) is 0 Å². The summed E-state index contributed by atoms with van der Waals surface area (Å²) in [6, 6.07) is 6.10. The molecule has 22 heavy (non-hydrogen) atoms.